The summed E-state index contributed by atoms with van der Waals surface area (Å²) in [6, 6.07) is 21.4. The summed E-state index contributed by atoms with van der Waals surface area (Å²) in [5.74, 6) is -0.385. The van der Waals surface area contributed by atoms with E-state index in [4.69, 9.17) is 0 Å². The van der Waals surface area contributed by atoms with Crippen molar-refractivity contribution in [3.8, 4) is 5.69 Å². The van der Waals surface area contributed by atoms with Crippen molar-refractivity contribution in [1.82, 2.24) is 19.3 Å². The average molecular weight is 487 g/mol. The molecule has 3 heterocycles. The normalized spacial score (nSPS) is 17.4. The first-order chi connectivity index (χ1) is 17.5. The van der Waals surface area contributed by atoms with Crippen molar-refractivity contribution in [2.45, 2.75) is 12.6 Å². The molecule has 2 fully saturated rings. The number of carbonyl (C=O) groups excluding carboxylic acids is 1. The number of hydrogen-bond acceptors (Lipinski definition) is 3. The van der Waals surface area contributed by atoms with Crippen molar-refractivity contribution in [3.05, 3.63) is 102 Å². The predicted octanol–water partition coefficient (Wildman–Crippen LogP) is 4.55. The molecule has 2 aliphatic rings. The summed E-state index contributed by atoms with van der Waals surface area (Å²) in [5.41, 5.74) is 3.56. The van der Waals surface area contributed by atoms with E-state index in [1.165, 1.54) is 18.2 Å². The maximum atomic E-state index is 13.5. The SMILES string of the molecule is O=C(c1ccc2c(ccn2-c2ccc(F)cc2)c1)N1CC(N2CCN(Cc3cccc(F)c3)CC2)C1. The Morgan fingerprint density at radius 1 is 0.833 bits per heavy atom. The van der Waals surface area contributed by atoms with Crippen LogP contribution < -0.4 is 0 Å². The number of benzene rings is 3. The van der Waals surface area contributed by atoms with Crippen LogP contribution in [0.2, 0.25) is 0 Å². The summed E-state index contributed by atoms with van der Waals surface area (Å²) in [6.07, 6.45) is 1.94. The van der Waals surface area contributed by atoms with Crippen molar-refractivity contribution < 1.29 is 13.6 Å². The molecule has 0 bridgehead atoms. The molecular formula is C29H28F2N4O. The van der Waals surface area contributed by atoms with Gasteiger partial charge in [-0.2, -0.15) is 0 Å². The Hall–Kier alpha value is -3.55. The van der Waals surface area contributed by atoms with Gasteiger partial charge in [-0.25, -0.2) is 8.78 Å². The number of carbonyl (C=O) groups is 1. The van der Waals surface area contributed by atoms with Crippen LogP contribution in [0.3, 0.4) is 0 Å². The quantitative estimate of drug-likeness (QED) is 0.415. The number of fused-ring (bicyclic) bond motifs is 1. The highest BCUT2D eigenvalue weighted by Gasteiger charge is 2.36. The van der Waals surface area contributed by atoms with Gasteiger partial charge in [0.05, 0.1) is 5.52 Å². The fourth-order valence-electron chi connectivity index (χ4n) is 5.32. The molecule has 184 valence electrons. The Balaban J connectivity index is 1.04. The fraction of sp³-hybridized carbons (Fsp3) is 0.276. The molecule has 36 heavy (non-hydrogen) atoms. The largest absolute Gasteiger partial charge is 0.335 e. The van der Waals surface area contributed by atoms with Crippen LogP contribution in [-0.4, -0.2) is 70.5 Å². The van der Waals surface area contributed by atoms with Gasteiger partial charge in [0, 0.05) is 74.7 Å². The molecule has 0 spiro atoms. The lowest BCUT2D eigenvalue weighted by Crippen LogP contribution is -2.64. The zero-order valence-corrected chi connectivity index (χ0v) is 20.0. The zero-order valence-electron chi connectivity index (χ0n) is 20.0. The minimum absolute atomic E-state index is 0.0624. The second kappa shape index (κ2) is 9.48. The number of aromatic nitrogens is 1. The smallest absolute Gasteiger partial charge is 0.253 e. The first-order valence-corrected chi connectivity index (χ1v) is 12.4. The van der Waals surface area contributed by atoms with Crippen LogP contribution in [0, 0.1) is 11.6 Å². The lowest BCUT2D eigenvalue weighted by atomic mass is 10.0. The number of halogens is 2. The number of likely N-dealkylation sites (tertiary alicyclic amines) is 1. The third-order valence-electron chi connectivity index (χ3n) is 7.41. The highest BCUT2D eigenvalue weighted by atomic mass is 19.1. The van der Waals surface area contributed by atoms with Gasteiger partial charge in [-0.1, -0.05) is 12.1 Å². The van der Waals surface area contributed by atoms with Gasteiger partial charge in [0.2, 0.25) is 0 Å². The lowest BCUT2D eigenvalue weighted by Gasteiger charge is -2.48. The molecule has 3 aromatic carbocycles. The first-order valence-electron chi connectivity index (χ1n) is 12.4. The van der Waals surface area contributed by atoms with Crippen LogP contribution >= 0.6 is 0 Å². The molecule has 1 amide bonds. The Morgan fingerprint density at radius 2 is 1.61 bits per heavy atom. The standard InChI is InChI=1S/C29H28F2N4O/c30-24-5-7-26(8-6-24)35-11-10-22-17-23(4-9-28(22)35)29(36)34-19-27(20-34)33-14-12-32(13-15-33)18-21-2-1-3-25(31)16-21/h1-11,16-17,27H,12-15,18-20H2. The van der Waals surface area contributed by atoms with Crippen molar-refractivity contribution in [1.29, 1.82) is 0 Å². The van der Waals surface area contributed by atoms with Gasteiger partial charge in [-0.3, -0.25) is 14.6 Å². The molecule has 0 radical (unpaired) electrons. The molecule has 0 atom stereocenters. The Labute approximate surface area is 209 Å². The van der Waals surface area contributed by atoms with Gasteiger partial charge in [0.1, 0.15) is 11.6 Å². The molecule has 4 aromatic rings. The van der Waals surface area contributed by atoms with Gasteiger partial charge in [0.25, 0.3) is 5.91 Å². The minimum atomic E-state index is -0.262. The molecule has 0 saturated carbocycles. The van der Waals surface area contributed by atoms with Crippen molar-refractivity contribution in [2.24, 2.45) is 0 Å². The third-order valence-corrected chi connectivity index (χ3v) is 7.41. The number of piperazine rings is 1. The van der Waals surface area contributed by atoms with Crippen LogP contribution in [0.4, 0.5) is 8.78 Å². The number of rotatable bonds is 5. The maximum Gasteiger partial charge on any atom is 0.253 e. The monoisotopic (exact) mass is 486 g/mol. The molecule has 0 aliphatic carbocycles. The molecule has 7 heteroatoms. The molecule has 2 aliphatic heterocycles. The molecular weight excluding hydrogens is 458 g/mol. The van der Waals surface area contributed by atoms with Crippen LogP contribution in [-0.2, 0) is 6.54 Å². The molecule has 1 aromatic heterocycles. The highest BCUT2D eigenvalue weighted by Crippen LogP contribution is 2.25. The summed E-state index contributed by atoms with van der Waals surface area (Å²) < 4.78 is 28.7. The summed E-state index contributed by atoms with van der Waals surface area (Å²) in [5, 5.41) is 0.983. The summed E-state index contributed by atoms with van der Waals surface area (Å²) in [7, 11) is 0. The topological polar surface area (TPSA) is 31.7 Å². The van der Waals surface area contributed by atoms with Gasteiger partial charge in [-0.15, -0.1) is 0 Å². The summed E-state index contributed by atoms with van der Waals surface area (Å²) in [6.45, 7) is 6.09. The summed E-state index contributed by atoms with van der Waals surface area (Å²) >= 11 is 0. The summed E-state index contributed by atoms with van der Waals surface area (Å²) in [4.78, 5) is 19.9. The number of amides is 1. The first kappa shape index (κ1) is 22.9. The molecule has 5 nitrogen and oxygen atoms in total. The minimum Gasteiger partial charge on any atom is -0.335 e. The van der Waals surface area contributed by atoms with Gasteiger partial charge in [0.15, 0.2) is 0 Å². The molecule has 2 saturated heterocycles. The third kappa shape index (κ3) is 4.52. The van der Waals surface area contributed by atoms with E-state index in [0.29, 0.717) is 11.6 Å². The molecule has 6 rings (SSSR count). The van der Waals surface area contributed by atoms with Crippen molar-refractivity contribution in [2.75, 3.05) is 39.3 Å². The van der Waals surface area contributed by atoms with E-state index in [9.17, 15) is 13.6 Å². The molecule has 0 N–H and O–H groups in total. The second-order valence-corrected chi connectivity index (χ2v) is 9.74. The zero-order chi connectivity index (χ0) is 24.6. The van der Waals surface area contributed by atoms with Crippen LogP contribution in [0.5, 0.6) is 0 Å². The van der Waals surface area contributed by atoms with E-state index < -0.39 is 0 Å². The van der Waals surface area contributed by atoms with Crippen LogP contribution in [0.15, 0.2) is 79.0 Å². The Kier molecular flexibility index (Phi) is 6.03. The highest BCUT2D eigenvalue weighted by molar-refractivity contribution is 5.99. The van der Waals surface area contributed by atoms with Gasteiger partial charge < -0.3 is 9.47 Å². The van der Waals surface area contributed by atoms with E-state index in [1.807, 2.05) is 46.0 Å². The maximum absolute atomic E-state index is 13.5. The number of nitrogens with zero attached hydrogens (tertiary/aromatic N) is 4. The van der Waals surface area contributed by atoms with Gasteiger partial charge >= 0.3 is 0 Å². The van der Waals surface area contributed by atoms with Crippen LogP contribution in [0.25, 0.3) is 16.6 Å². The Bertz CT molecular complexity index is 1390. The number of hydrogen-bond donors (Lipinski definition) is 0. The van der Waals surface area contributed by atoms with E-state index in [2.05, 4.69) is 9.80 Å². The van der Waals surface area contributed by atoms with Crippen molar-refractivity contribution >= 4 is 16.8 Å². The van der Waals surface area contributed by atoms with Crippen LogP contribution in [0.1, 0.15) is 15.9 Å². The van der Waals surface area contributed by atoms with E-state index in [-0.39, 0.29) is 17.5 Å². The van der Waals surface area contributed by atoms with Gasteiger partial charge in [-0.05, 0) is 66.2 Å². The second-order valence-electron chi connectivity index (χ2n) is 9.74. The Morgan fingerprint density at radius 3 is 2.36 bits per heavy atom. The lowest BCUT2D eigenvalue weighted by molar-refractivity contribution is 0.00648. The van der Waals surface area contributed by atoms with E-state index >= 15 is 0 Å². The average Bonchev–Trinajstić information content (AvgIpc) is 3.28. The van der Waals surface area contributed by atoms with E-state index in [0.717, 1.165) is 68.0 Å². The molecule has 0 unspecified atom stereocenters. The van der Waals surface area contributed by atoms with E-state index in [1.54, 1.807) is 24.3 Å². The fourth-order valence-corrected chi connectivity index (χ4v) is 5.32. The predicted molar refractivity (Wildman–Crippen MR) is 136 cm³/mol. The van der Waals surface area contributed by atoms with Crippen molar-refractivity contribution in [3.63, 3.8) is 0 Å².